The lowest BCUT2D eigenvalue weighted by atomic mass is 10.2. The third kappa shape index (κ3) is 5.10. The molecule has 0 saturated carbocycles. The van der Waals surface area contributed by atoms with Crippen LogP contribution in [0.4, 0.5) is 5.69 Å². The Morgan fingerprint density at radius 1 is 1.13 bits per heavy atom. The van der Waals surface area contributed by atoms with Crippen molar-refractivity contribution in [3.8, 4) is 5.75 Å². The Morgan fingerprint density at radius 2 is 1.91 bits per heavy atom. The maximum absolute atomic E-state index is 11.9. The van der Waals surface area contributed by atoms with Crippen LogP contribution >= 0.6 is 15.9 Å². The zero-order valence-electron chi connectivity index (χ0n) is 12.5. The van der Waals surface area contributed by atoms with E-state index in [0.717, 1.165) is 4.47 Å². The summed E-state index contributed by atoms with van der Waals surface area (Å²) in [7, 11) is 0. The molecule has 2 rings (SSSR count). The smallest absolute Gasteiger partial charge is 0.341 e. The van der Waals surface area contributed by atoms with Gasteiger partial charge in [0, 0.05) is 10.2 Å². The summed E-state index contributed by atoms with van der Waals surface area (Å²) in [5.74, 6) is -0.479. The number of anilines is 1. The van der Waals surface area contributed by atoms with Crippen molar-refractivity contribution in [1.82, 2.24) is 0 Å². The van der Waals surface area contributed by atoms with Crippen molar-refractivity contribution in [3.05, 3.63) is 58.6 Å². The normalized spacial score (nSPS) is 10.0. The molecule has 0 spiro atoms. The summed E-state index contributed by atoms with van der Waals surface area (Å²) in [5.41, 5.74) is 0.955. The van der Waals surface area contributed by atoms with E-state index < -0.39 is 5.97 Å². The number of carbonyl (C=O) groups is 2. The summed E-state index contributed by atoms with van der Waals surface area (Å²) in [6.45, 7) is 1.80. The Labute approximate surface area is 142 Å². The maximum Gasteiger partial charge on any atom is 0.341 e. The van der Waals surface area contributed by atoms with Gasteiger partial charge in [0.25, 0.3) is 5.91 Å². The van der Waals surface area contributed by atoms with Crippen molar-refractivity contribution in [2.24, 2.45) is 0 Å². The zero-order valence-corrected chi connectivity index (χ0v) is 14.1. The number of carbonyl (C=O) groups excluding carboxylic acids is 2. The third-order valence-electron chi connectivity index (χ3n) is 2.85. The van der Waals surface area contributed by atoms with E-state index in [1.165, 1.54) is 0 Å². The molecular weight excluding hydrogens is 362 g/mol. The average Bonchev–Trinajstić information content (AvgIpc) is 2.53. The highest BCUT2D eigenvalue weighted by Gasteiger charge is 2.14. The summed E-state index contributed by atoms with van der Waals surface area (Å²) in [4.78, 5) is 23.8. The van der Waals surface area contributed by atoms with Crippen LogP contribution in [0.15, 0.2) is 53.0 Å². The van der Waals surface area contributed by atoms with Gasteiger partial charge in [0.15, 0.2) is 6.61 Å². The second kappa shape index (κ2) is 8.33. The minimum Gasteiger partial charge on any atom is -0.483 e. The minimum atomic E-state index is -0.476. The summed E-state index contributed by atoms with van der Waals surface area (Å²) >= 11 is 3.33. The lowest BCUT2D eigenvalue weighted by Crippen LogP contribution is -2.21. The van der Waals surface area contributed by atoms with Crippen LogP contribution in [0.5, 0.6) is 5.75 Å². The fourth-order valence-electron chi connectivity index (χ4n) is 1.88. The lowest BCUT2D eigenvalue weighted by molar-refractivity contribution is -0.118. The van der Waals surface area contributed by atoms with Gasteiger partial charge in [-0.2, -0.15) is 0 Å². The van der Waals surface area contributed by atoms with Crippen molar-refractivity contribution in [3.63, 3.8) is 0 Å². The fourth-order valence-corrected chi connectivity index (χ4v) is 2.28. The van der Waals surface area contributed by atoms with E-state index >= 15 is 0 Å². The van der Waals surface area contributed by atoms with Gasteiger partial charge < -0.3 is 14.8 Å². The maximum atomic E-state index is 11.9. The largest absolute Gasteiger partial charge is 0.483 e. The topological polar surface area (TPSA) is 64.6 Å². The van der Waals surface area contributed by atoms with Crippen molar-refractivity contribution in [2.45, 2.75) is 6.92 Å². The molecule has 0 bridgehead atoms. The molecular formula is C17H16BrNO4. The lowest BCUT2D eigenvalue weighted by Gasteiger charge is -2.11. The van der Waals surface area contributed by atoms with Gasteiger partial charge in [-0.05, 0) is 37.3 Å². The second-order valence-electron chi connectivity index (χ2n) is 4.56. The highest BCUT2D eigenvalue weighted by molar-refractivity contribution is 9.10. The van der Waals surface area contributed by atoms with Crippen LogP contribution in [0, 0.1) is 0 Å². The first kappa shape index (κ1) is 17.0. The number of esters is 1. The molecule has 1 N–H and O–H groups in total. The molecule has 0 atom stereocenters. The Hall–Kier alpha value is -2.34. The van der Waals surface area contributed by atoms with Gasteiger partial charge in [0.2, 0.25) is 0 Å². The van der Waals surface area contributed by atoms with Crippen LogP contribution in [0.3, 0.4) is 0 Å². The van der Waals surface area contributed by atoms with Gasteiger partial charge in [-0.1, -0.05) is 34.1 Å². The molecule has 0 radical (unpaired) electrons. The number of hydrogen-bond acceptors (Lipinski definition) is 4. The molecule has 2 aromatic carbocycles. The summed E-state index contributed by atoms with van der Waals surface area (Å²) in [6, 6.07) is 13.9. The summed E-state index contributed by atoms with van der Waals surface area (Å²) in [6.07, 6.45) is 0. The minimum absolute atomic E-state index is 0.205. The number of amides is 1. The predicted octanol–water partition coefficient (Wildman–Crippen LogP) is 3.64. The highest BCUT2D eigenvalue weighted by atomic mass is 79.9. The first-order chi connectivity index (χ1) is 11.1. The molecule has 0 aliphatic heterocycles. The van der Waals surface area contributed by atoms with Crippen LogP contribution in [0.25, 0.3) is 0 Å². The Bertz CT molecular complexity index is 702. The van der Waals surface area contributed by atoms with Crippen LogP contribution in [-0.4, -0.2) is 25.1 Å². The monoisotopic (exact) mass is 377 g/mol. The molecule has 120 valence electrons. The van der Waals surface area contributed by atoms with Crippen LogP contribution in [0.1, 0.15) is 17.3 Å². The summed E-state index contributed by atoms with van der Waals surface area (Å²) < 4.78 is 11.3. The summed E-state index contributed by atoms with van der Waals surface area (Å²) in [5, 5.41) is 2.72. The number of nitrogens with one attached hydrogen (secondary N) is 1. The van der Waals surface area contributed by atoms with Gasteiger partial charge in [0.1, 0.15) is 11.3 Å². The molecule has 1 amide bonds. The molecule has 0 heterocycles. The highest BCUT2D eigenvalue weighted by Crippen LogP contribution is 2.19. The van der Waals surface area contributed by atoms with Gasteiger partial charge in [-0.15, -0.1) is 0 Å². The van der Waals surface area contributed by atoms with Crippen molar-refractivity contribution >= 4 is 33.5 Å². The Kier molecular flexibility index (Phi) is 6.17. The van der Waals surface area contributed by atoms with Crippen molar-refractivity contribution in [1.29, 1.82) is 0 Å². The van der Waals surface area contributed by atoms with E-state index in [1.54, 1.807) is 43.3 Å². The molecule has 5 nitrogen and oxygen atoms in total. The van der Waals surface area contributed by atoms with Crippen molar-refractivity contribution < 1.29 is 19.1 Å². The molecule has 0 aromatic heterocycles. The van der Waals surface area contributed by atoms with E-state index in [9.17, 15) is 9.59 Å². The molecule has 0 aliphatic rings. The second-order valence-corrected chi connectivity index (χ2v) is 5.48. The first-order valence-electron chi connectivity index (χ1n) is 7.04. The number of hydrogen-bond donors (Lipinski definition) is 1. The molecule has 0 unspecified atom stereocenters. The van der Waals surface area contributed by atoms with Gasteiger partial charge >= 0.3 is 5.97 Å². The van der Waals surface area contributed by atoms with Crippen LogP contribution in [-0.2, 0) is 9.53 Å². The predicted molar refractivity (Wildman–Crippen MR) is 90.7 cm³/mol. The Morgan fingerprint density at radius 3 is 2.65 bits per heavy atom. The third-order valence-corrected chi connectivity index (χ3v) is 3.34. The molecule has 2 aromatic rings. The Balaban J connectivity index is 1.98. The van der Waals surface area contributed by atoms with Gasteiger partial charge in [-0.25, -0.2) is 4.79 Å². The quantitative estimate of drug-likeness (QED) is 0.780. The number of benzene rings is 2. The number of halogens is 1. The van der Waals surface area contributed by atoms with Crippen molar-refractivity contribution in [2.75, 3.05) is 18.5 Å². The number of ether oxygens (including phenoxy) is 2. The average molecular weight is 378 g/mol. The SMILES string of the molecule is CCOC(=O)c1ccccc1OCC(=O)Nc1cccc(Br)c1. The van der Waals surface area contributed by atoms with E-state index in [4.69, 9.17) is 9.47 Å². The zero-order chi connectivity index (χ0) is 16.7. The molecule has 0 aliphatic carbocycles. The van der Waals surface area contributed by atoms with Crippen LogP contribution < -0.4 is 10.1 Å². The standard InChI is InChI=1S/C17H16BrNO4/c1-2-22-17(21)14-8-3-4-9-15(14)23-11-16(20)19-13-7-5-6-12(18)10-13/h3-10H,2,11H2,1H3,(H,19,20). The molecule has 23 heavy (non-hydrogen) atoms. The number of rotatable bonds is 6. The molecule has 6 heteroatoms. The van der Waals surface area contributed by atoms with Crippen LogP contribution in [0.2, 0.25) is 0 Å². The van der Waals surface area contributed by atoms with Gasteiger partial charge in [0.05, 0.1) is 6.61 Å². The fraction of sp³-hybridized carbons (Fsp3) is 0.176. The van der Waals surface area contributed by atoms with Gasteiger partial charge in [-0.3, -0.25) is 4.79 Å². The van der Waals surface area contributed by atoms with E-state index in [-0.39, 0.29) is 19.1 Å². The first-order valence-corrected chi connectivity index (χ1v) is 7.84. The molecule has 0 saturated heterocycles. The van der Waals surface area contributed by atoms with E-state index in [1.807, 2.05) is 12.1 Å². The van der Waals surface area contributed by atoms with E-state index in [2.05, 4.69) is 21.2 Å². The number of para-hydroxylation sites is 1. The molecule has 0 fully saturated rings. The van der Waals surface area contributed by atoms with E-state index in [0.29, 0.717) is 17.0 Å².